The van der Waals surface area contributed by atoms with Crippen molar-refractivity contribution in [3.05, 3.63) is 82.7 Å². The normalized spacial score (nSPS) is 21.7. The molecular weight excluding hydrogens is 520 g/mol. The Morgan fingerprint density at radius 3 is 2.44 bits per heavy atom. The van der Waals surface area contributed by atoms with Gasteiger partial charge in [0.2, 0.25) is 11.8 Å². The first-order valence-corrected chi connectivity index (χ1v) is 14.4. The topological polar surface area (TPSA) is 108 Å². The van der Waals surface area contributed by atoms with E-state index in [1.165, 1.54) is 5.56 Å². The second kappa shape index (κ2) is 10.3. The minimum atomic E-state index is -0.593. The summed E-state index contributed by atoms with van der Waals surface area (Å²) in [6.07, 6.45) is 2.62. The zero-order chi connectivity index (χ0) is 28.1. The number of para-hydroxylation sites is 1. The maximum absolute atomic E-state index is 13.2. The lowest BCUT2D eigenvalue weighted by Crippen LogP contribution is -2.52. The monoisotopic (exact) mass is 552 g/mol. The molecule has 41 heavy (non-hydrogen) atoms. The smallest absolute Gasteiger partial charge is 0.276 e. The lowest BCUT2D eigenvalue weighted by Gasteiger charge is -2.31. The van der Waals surface area contributed by atoms with Crippen LogP contribution >= 0.6 is 0 Å². The Morgan fingerprint density at radius 2 is 1.66 bits per heavy atom. The second-order valence-corrected chi connectivity index (χ2v) is 11.4. The molecule has 7 rings (SSSR count). The summed E-state index contributed by atoms with van der Waals surface area (Å²) in [5.74, 6) is -0.408. The van der Waals surface area contributed by atoms with Crippen LogP contribution in [0.1, 0.15) is 69.3 Å². The molecule has 2 aromatic carbocycles. The molecule has 4 amide bonds. The number of aromatic nitrogens is 2. The van der Waals surface area contributed by atoms with Crippen molar-refractivity contribution >= 4 is 29.3 Å². The molecule has 0 bridgehead atoms. The molecule has 5 heterocycles. The highest BCUT2D eigenvalue weighted by Crippen LogP contribution is 2.34. The molecule has 1 N–H and O–H groups in total. The molecule has 3 aromatic rings. The molecule has 4 aliphatic heterocycles. The standard InChI is InChI=1S/C31H32N6O4/c38-28-9-8-26(29(39)32-28)36-18-22-16-21(6-7-25(22)30(36)40)20-10-12-34(13-11-20)19-23-17-27-31(41)35(14-15-37(27)33-23)24-4-2-1-3-5-24/h1-7,16-17,20,26H,8-15,18-19H2,(H,32,38,39). The summed E-state index contributed by atoms with van der Waals surface area (Å²) in [5.41, 5.74) is 5.31. The highest BCUT2D eigenvalue weighted by atomic mass is 16.2. The van der Waals surface area contributed by atoms with E-state index in [-0.39, 0.29) is 30.0 Å². The molecule has 1 unspecified atom stereocenters. The van der Waals surface area contributed by atoms with Crippen LogP contribution in [0, 0.1) is 0 Å². The van der Waals surface area contributed by atoms with Crippen LogP contribution in [0.25, 0.3) is 0 Å². The van der Waals surface area contributed by atoms with E-state index in [0.717, 1.165) is 42.9 Å². The van der Waals surface area contributed by atoms with Crippen molar-refractivity contribution < 1.29 is 19.2 Å². The predicted molar refractivity (Wildman–Crippen MR) is 150 cm³/mol. The molecule has 2 saturated heterocycles. The molecule has 1 atom stereocenters. The fourth-order valence-electron chi connectivity index (χ4n) is 6.68. The number of carbonyl (C=O) groups excluding carboxylic acids is 4. The Morgan fingerprint density at radius 1 is 0.854 bits per heavy atom. The Kier molecular flexibility index (Phi) is 6.42. The molecule has 10 heteroatoms. The van der Waals surface area contributed by atoms with Gasteiger partial charge < -0.3 is 9.80 Å². The number of hydrogen-bond acceptors (Lipinski definition) is 6. The number of benzene rings is 2. The van der Waals surface area contributed by atoms with Crippen LogP contribution < -0.4 is 10.2 Å². The van der Waals surface area contributed by atoms with Crippen LogP contribution in [0.3, 0.4) is 0 Å². The quantitative estimate of drug-likeness (QED) is 0.488. The minimum Gasteiger partial charge on any atom is -0.322 e. The highest BCUT2D eigenvalue weighted by Gasteiger charge is 2.39. The fourth-order valence-corrected chi connectivity index (χ4v) is 6.68. The maximum Gasteiger partial charge on any atom is 0.276 e. The van der Waals surface area contributed by atoms with Gasteiger partial charge in [-0.15, -0.1) is 0 Å². The van der Waals surface area contributed by atoms with Crippen molar-refractivity contribution in [2.75, 3.05) is 24.5 Å². The molecule has 0 spiro atoms. The number of amides is 4. The Hall–Kier alpha value is -4.31. The van der Waals surface area contributed by atoms with E-state index in [0.29, 0.717) is 49.8 Å². The third-order valence-corrected chi connectivity index (χ3v) is 8.89. The second-order valence-electron chi connectivity index (χ2n) is 11.4. The maximum atomic E-state index is 13.2. The van der Waals surface area contributed by atoms with Crippen LogP contribution in [-0.2, 0) is 29.2 Å². The largest absolute Gasteiger partial charge is 0.322 e. The Bertz CT molecular complexity index is 1540. The van der Waals surface area contributed by atoms with Gasteiger partial charge in [-0.2, -0.15) is 5.10 Å². The molecule has 10 nitrogen and oxygen atoms in total. The van der Waals surface area contributed by atoms with E-state index in [9.17, 15) is 19.2 Å². The zero-order valence-corrected chi connectivity index (χ0v) is 22.8. The lowest BCUT2D eigenvalue weighted by molar-refractivity contribution is -0.136. The molecule has 1 aromatic heterocycles. The SMILES string of the molecule is O=C1CCC(N2Cc3cc(C4CCN(Cc5cc6n(n5)CCN(c5ccccc5)C6=O)CC4)ccc3C2=O)C(=O)N1. The molecule has 0 radical (unpaired) electrons. The van der Waals surface area contributed by atoms with Crippen molar-refractivity contribution in [1.29, 1.82) is 0 Å². The summed E-state index contributed by atoms with van der Waals surface area (Å²) in [5, 5.41) is 7.11. The molecular formula is C31H32N6O4. The van der Waals surface area contributed by atoms with E-state index in [1.807, 2.05) is 52.0 Å². The van der Waals surface area contributed by atoms with E-state index in [2.05, 4.69) is 22.3 Å². The van der Waals surface area contributed by atoms with Gasteiger partial charge in [-0.3, -0.25) is 34.1 Å². The van der Waals surface area contributed by atoms with Crippen LogP contribution in [0.5, 0.6) is 0 Å². The molecule has 0 saturated carbocycles. The lowest BCUT2D eigenvalue weighted by atomic mass is 9.88. The average Bonchev–Trinajstić information content (AvgIpc) is 3.54. The van der Waals surface area contributed by atoms with Gasteiger partial charge >= 0.3 is 0 Å². The van der Waals surface area contributed by atoms with Crippen molar-refractivity contribution in [1.82, 2.24) is 24.9 Å². The summed E-state index contributed by atoms with van der Waals surface area (Å²) >= 11 is 0. The third-order valence-electron chi connectivity index (χ3n) is 8.89. The highest BCUT2D eigenvalue weighted by molar-refractivity contribution is 6.06. The minimum absolute atomic E-state index is 0.00818. The van der Waals surface area contributed by atoms with E-state index >= 15 is 0 Å². The van der Waals surface area contributed by atoms with Crippen molar-refractivity contribution in [3.8, 4) is 0 Å². The van der Waals surface area contributed by atoms with Crippen molar-refractivity contribution in [2.24, 2.45) is 0 Å². The molecule has 210 valence electrons. The summed E-state index contributed by atoms with van der Waals surface area (Å²) in [7, 11) is 0. The van der Waals surface area contributed by atoms with E-state index in [1.54, 1.807) is 4.90 Å². The van der Waals surface area contributed by atoms with Crippen LogP contribution in [0.2, 0.25) is 0 Å². The number of nitrogens with one attached hydrogen (secondary N) is 1. The summed E-state index contributed by atoms with van der Waals surface area (Å²) in [6.45, 7) is 4.26. The van der Waals surface area contributed by atoms with Crippen molar-refractivity contribution in [3.63, 3.8) is 0 Å². The third kappa shape index (κ3) is 4.72. The first kappa shape index (κ1) is 25.6. The number of piperidine rings is 2. The van der Waals surface area contributed by atoms with Gasteiger partial charge in [0.25, 0.3) is 11.8 Å². The van der Waals surface area contributed by atoms with Gasteiger partial charge in [-0.25, -0.2) is 0 Å². The number of nitrogens with zero attached hydrogens (tertiary/aromatic N) is 5. The van der Waals surface area contributed by atoms with Gasteiger partial charge in [0, 0.05) is 37.3 Å². The molecule has 4 aliphatic rings. The van der Waals surface area contributed by atoms with Crippen LogP contribution in [0.15, 0.2) is 54.6 Å². The van der Waals surface area contributed by atoms with Gasteiger partial charge in [0.15, 0.2) is 0 Å². The van der Waals surface area contributed by atoms with Gasteiger partial charge in [0.05, 0.1) is 12.2 Å². The van der Waals surface area contributed by atoms with Crippen molar-refractivity contribution in [2.45, 2.75) is 57.3 Å². The average molecular weight is 553 g/mol. The number of carbonyl (C=O) groups is 4. The number of fused-ring (bicyclic) bond motifs is 2. The summed E-state index contributed by atoms with van der Waals surface area (Å²) in [4.78, 5) is 55.9. The molecule has 0 aliphatic carbocycles. The Balaban J connectivity index is 0.971. The van der Waals surface area contributed by atoms with Crippen LogP contribution in [0.4, 0.5) is 5.69 Å². The number of hydrogen-bond donors (Lipinski definition) is 1. The first-order valence-electron chi connectivity index (χ1n) is 14.4. The van der Waals surface area contributed by atoms with Crippen LogP contribution in [-0.4, -0.2) is 68.9 Å². The first-order chi connectivity index (χ1) is 19.9. The van der Waals surface area contributed by atoms with Gasteiger partial charge in [-0.05, 0) is 73.7 Å². The van der Waals surface area contributed by atoms with Gasteiger partial charge in [0.1, 0.15) is 11.7 Å². The number of rotatable bonds is 5. The number of anilines is 1. The Labute approximate surface area is 237 Å². The number of imide groups is 1. The van der Waals surface area contributed by atoms with E-state index < -0.39 is 6.04 Å². The summed E-state index contributed by atoms with van der Waals surface area (Å²) < 4.78 is 1.84. The zero-order valence-electron chi connectivity index (χ0n) is 22.8. The summed E-state index contributed by atoms with van der Waals surface area (Å²) in [6, 6.07) is 17.2. The number of likely N-dealkylation sites (tertiary alicyclic amines) is 1. The fraction of sp³-hybridized carbons (Fsp3) is 0.387. The predicted octanol–water partition coefficient (Wildman–Crippen LogP) is 2.68. The van der Waals surface area contributed by atoms with Gasteiger partial charge in [-0.1, -0.05) is 30.3 Å². The molecule has 2 fully saturated rings. The van der Waals surface area contributed by atoms with E-state index in [4.69, 9.17) is 5.10 Å².